The van der Waals surface area contributed by atoms with E-state index in [0.29, 0.717) is 0 Å². The molecule has 0 radical (unpaired) electrons. The molecule has 0 spiro atoms. The van der Waals surface area contributed by atoms with Crippen LogP contribution >= 0.6 is 12.4 Å². The Morgan fingerprint density at radius 3 is 1.86 bits per heavy atom. The number of anilines is 1. The molecule has 0 fully saturated rings. The zero-order chi connectivity index (χ0) is 15.3. The summed E-state index contributed by atoms with van der Waals surface area (Å²) in [5.74, 6) is 1.60. The van der Waals surface area contributed by atoms with Crippen LogP contribution in [-0.2, 0) is 0 Å². The van der Waals surface area contributed by atoms with E-state index in [1.54, 1.807) is 0 Å². The number of halogens is 1. The number of hydrogen-bond acceptors (Lipinski definition) is 3. The molecule has 0 aliphatic heterocycles. The Labute approximate surface area is 142 Å². The number of ether oxygens (including phenoxy) is 2. The first-order chi connectivity index (χ1) is 10.3. The van der Waals surface area contributed by atoms with Crippen LogP contribution < -0.4 is 15.2 Å². The number of unbranched alkanes of at least 4 members (excludes halogenated alkanes) is 6. The molecule has 0 amide bonds. The summed E-state index contributed by atoms with van der Waals surface area (Å²) in [6.45, 7) is 5.90. The van der Waals surface area contributed by atoms with Crippen molar-refractivity contribution in [3.05, 3.63) is 18.2 Å². The summed E-state index contributed by atoms with van der Waals surface area (Å²) in [4.78, 5) is 0. The normalized spacial score (nSPS) is 10.1. The third-order valence-electron chi connectivity index (χ3n) is 3.48. The molecule has 4 heteroatoms. The maximum absolute atomic E-state index is 5.84. The standard InChI is InChI=1S/C18H31NO2.ClH/c1-3-5-7-9-13-20-17-12-11-16(19)15-18(17)21-14-10-8-6-4-2;/h11-12,15H,3-10,13-14,19H2,1-2H3;1H. The second-order valence-corrected chi connectivity index (χ2v) is 5.52. The predicted molar refractivity (Wildman–Crippen MR) is 97.4 cm³/mol. The van der Waals surface area contributed by atoms with Crippen LogP contribution in [0.15, 0.2) is 18.2 Å². The van der Waals surface area contributed by atoms with Crippen LogP contribution in [0.1, 0.15) is 65.2 Å². The summed E-state index contributed by atoms with van der Waals surface area (Å²) in [6, 6.07) is 5.64. The van der Waals surface area contributed by atoms with Gasteiger partial charge in [-0.3, -0.25) is 0 Å². The van der Waals surface area contributed by atoms with E-state index >= 15 is 0 Å². The second-order valence-electron chi connectivity index (χ2n) is 5.52. The van der Waals surface area contributed by atoms with Gasteiger partial charge in [-0.15, -0.1) is 12.4 Å². The third-order valence-corrected chi connectivity index (χ3v) is 3.48. The highest BCUT2D eigenvalue weighted by Crippen LogP contribution is 2.30. The summed E-state index contributed by atoms with van der Waals surface area (Å²) < 4.78 is 11.7. The molecule has 1 aromatic carbocycles. The Morgan fingerprint density at radius 1 is 0.773 bits per heavy atom. The summed E-state index contributed by atoms with van der Waals surface area (Å²) in [6.07, 6.45) is 9.63. The van der Waals surface area contributed by atoms with Gasteiger partial charge in [-0.1, -0.05) is 52.4 Å². The van der Waals surface area contributed by atoms with E-state index in [1.807, 2.05) is 18.2 Å². The van der Waals surface area contributed by atoms with E-state index in [4.69, 9.17) is 15.2 Å². The summed E-state index contributed by atoms with van der Waals surface area (Å²) in [5.41, 5.74) is 6.56. The lowest BCUT2D eigenvalue weighted by molar-refractivity contribution is 0.259. The first-order valence-corrected chi connectivity index (χ1v) is 8.43. The quantitative estimate of drug-likeness (QED) is 0.400. The van der Waals surface area contributed by atoms with E-state index in [1.165, 1.54) is 38.5 Å². The van der Waals surface area contributed by atoms with Crippen molar-refractivity contribution in [3.8, 4) is 11.5 Å². The fourth-order valence-electron chi connectivity index (χ4n) is 2.18. The molecule has 0 saturated heterocycles. The SMILES string of the molecule is CCCCCCOc1ccc(N)cc1OCCCCCC.Cl. The molecule has 0 unspecified atom stereocenters. The molecule has 3 nitrogen and oxygen atoms in total. The van der Waals surface area contributed by atoms with E-state index in [2.05, 4.69) is 13.8 Å². The minimum atomic E-state index is 0. The molecule has 1 aromatic rings. The van der Waals surface area contributed by atoms with Crippen LogP contribution in [0.25, 0.3) is 0 Å². The highest BCUT2D eigenvalue weighted by atomic mass is 35.5. The maximum atomic E-state index is 5.84. The molecule has 0 saturated carbocycles. The van der Waals surface area contributed by atoms with Gasteiger partial charge in [-0.05, 0) is 25.0 Å². The van der Waals surface area contributed by atoms with Crippen molar-refractivity contribution < 1.29 is 9.47 Å². The zero-order valence-corrected chi connectivity index (χ0v) is 14.9. The molecule has 0 aromatic heterocycles. The summed E-state index contributed by atoms with van der Waals surface area (Å²) in [7, 11) is 0. The molecular formula is C18H32ClNO2. The van der Waals surface area contributed by atoms with Gasteiger partial charge in [-0.25, -0.2) is 0 Å². The Bertz CT molecular complexity index is 385. The zero-order valence-electron chi connectivity index (χ0n) is 14.1. The minimum Gasteiger partial charge on any atom is -0.490 e. The first kappa shape index (κ1) is 20.9. The van der Waals surface area contributed by atoms with Gasteiger partial charge in [0.25, 0.3) is 0 Å². The van der Waals surface area contributed by atoms with E-state index < -0.39 is 0 Å². The van der Waals surface area contributed by atoms with Gasteiger partial charge >= 0.3 is 0 Å². The number of hydrogen-bond donors (Lipinski definition) is 1. The number of nitrogens with two attached hydrogens (primary N) is 1. The molecule has 1 rings (SSSR count). The van der Waals surface area contributed by atoms with Crippen molar-refractivity contribution in [2.75, 3.05) is 18.9 Å². The molecular weight excluding hydrogens is 298 g/mol. The maximum Gasteiger partial charge on any atom is 0.163 e. The molecule has 0 atom stereocenters. The predicted octanol–water partition coefficient (Wildman–Crippen LogP) is 5.61. The number of nitrogen functional groups attached to an aromatic ring is 1. The Hall–Kier alpha value is -1.09. The second kappa shape index (κ2) is 13.6. The van der Waals surface area contributed by atoms with E-state index in [9.17, 15) is 0 Å². The van der Waals surface area contributed by atoms with E-state index in [0.717, 1.165) is 43.2 Å². The summed E-state index contributed by atoms with van der Waals surface area (Å²) >= 11 is 0. The lowest BCUT2D eigenvalue weighted by atomic mass is 10.2. The molecule has 0 bridgehead atoms. The highest BCUT2D eigenvalue weighted by Gasteiger charge is 2.06. The first-order valence-electron chi connectivity index (χ1n) is 8.43. The Morgan fingerprint density at radius 2 is 1.32 bits per heavy atom. The van der Waals surface area contributed by atoms with Gasteiger partial charge in [0, 0.05) is 11.8 Å². The Balaban J connectivity index is 0.00000441. The fourth-order valence-corrected chi connectivity index (χ4v) is 2.18. The van der Waals surface area contributed by atoms with Crippen LogP contribution in [0.3, 0.4) is 0 Å². The van der Waals surface area contributed by atoms with Crippen molar-refractivity contribution in [1.29, 1.82) is 0 Å². The average molecular weight is 330 g/mol. The van der Waals surface area contributed by atoms with Gasteiger partial charge in [0.1, 0.15) is 0 Å². The van der Waals surface area contributed by atoms with Crippen molar-refractivity contribution in [2.24, 2.45) is 0 Å². The third kappa shape index (κ3) is 9.04. The van der Waals surface area contributed by atoms with Gasteiger partial charge in [0.2, 0.25) is 0 Å². The van der Waals surface area contributed by atoms with Crippen LogP contribution in [0.4, 0.5) is 5.69 Å². The molecule has 0 aliphatic carbocycles. The van der Waals surface area contributed by atoms with Gasteiger partial charge < -0.3 is 15.2 Å². The molecule has 0 aliphatic rings. The topological polar surface area (TPSA) is 44.5 Å². The average Bonchev–Trinajstić information content (AvgIpc) is 2.48. The minimum absolute atomic E-state index is 0. The van der Waals surface area contributed by atoms with Crippen LogP contribution in [-0.4, -0.2) is 13.2 Å². The van der Waals surface area contributed by atoms with Gasteiger partial charge in [0.15, 0.2) is 11.5 Å². The Kier molecular flexibility index (Phi) is 12.9. The lowest BCUT2D eigenvalue weighted by Crippen LogP contribution is -2.03. The van der Waals surface area contributed by atoms with Crippen molar-refractivity contribution >= 4 is 18.1 Å². The number of benzene rings is 1. The highest BCUT2D eigenvalue weighted by molar-refractivity contribution is 5.85. The van der Waals surface area contributed by atoms with Crippen molar-refractivity contribution in [2.45, 2.75) is 65.2 Å². The lowest BCUT2D eigenvalue weighted by Gasteiger charge is -2.13. The largest absolute Gasteiger partial charge is 0.490 e. The van der Waals surface area contributed by atoms with Crippen molar-refractivity contribution in [1.82, 2.24) is 0 Å². The van der Waals surface area contributed by atoms with Gasteiger partial charge in [0.05, 0.1) is 13.2 Å². The van der Waals surface area contributed by atoms with Crippen molar-refractivity contribution in [3.63, 3.8) is 0 Å². The van der Waals surface area contributed by atoms with Gasteiger partial charge in [-0.2, -0.15) is 0 Å². The smallest absolute Gasteiger partial charge is 0.163 e. The summed E-state index contributed by atoms with van der Waals surface area (Å²) in [5, 5.41) is 0. The molecule has 2 N–H and O–H groups in total. The number of rotatable bonds is 12. The molecule has 0 heterocycles. The van der Waals surface area contributed by atoms with Crippen LogP contribution in [0, 0.1) is 0 Å². The van der Waals surface area contributed by atoms with Crippen LogP contribution in [0.2, 0.25) is 0 Å². The fraction of sp³-hybridized carbons (Fsp3) is 0.667. The monoisotopic (exact) mass is 329 g/mol. The molecule has 128 valence electrons. The molecule has 22 heavy (non-hydrogen) atoms. The van der Waals surface area contributed by atoms with Crippen LogP contribution in [0.5, 0.6) is 11.5 Å². The van der Waals surface area contributed by atoms with E-state index in [-0.39, 0.29) is 12.4 Å².